The second-order valence-electron chi connectivity index (χ2n) is 4.81. The molecule has 0 aliphatic rings. The highest BCUT2D eigenvalue weighted by Crippen LogP contribution is 2.05. The Morgan fingerprint density at radius 1 is 0.833 bits per heavy atom. The molecule has 0 amide bonds. The van der Waals surface area contributed by atoms with Crippen molar-refractivity contribution in [1.82, 2.24) is 0 Å². The van der Waals surface area contributed by atoms with Gasteiger partial charge in [0.1, 0.15) is 5.78 Å². The van der Waals surface area contributed by atoms with E-state index in [2.05, 4.69) is 31.2 Å². The Labute approximate surface area is 113 Å². The van der Waals surface area contributed by atoms with Crippen LogP contribution in [-0.2, 0) is 4.79 Å². The van der Waals surface area contributed by atoms with Gasteiger partial charge in [-0.25, -0.2) is 0 Å². The Hall–Kier alpha value is -0.850. The van der Waals surface area contributed by atoms with Crippen LogP contribution in [0.1, 0.15) is 78.1 Å². The number of allylic oxidation sites excluding steroid dienone is 4. The number of ketones is 1. The zero-order valence-corrected chi connectivity index (χ0v) is 12.3. The Bertz CT molecular complexity index is 238. The third kappa shape index (κ3) is 13.2. The van der Waals surface area contributed by atoms with Gasteiger partial charge in [-0.3, -0.25) is 4.79 Å². The Balaban J connectivity index is 3.26. The zero-order chi connectivity index (χ0) is 13.5. The van der Waals surface area contributed by atoms with Crippen molar-refractivity contribution in [3.63, 3.8) is 0 Å². The van der Waals surface area contributed by atoms with Gasteiger partial charge in [0.05, 0.1) is 0 Å². The van der Waals surface area contributed by atoms with Gasteiger partial charge in [-0.2, -0.15) is 0 Å². The zero-order valence-electron chi connectivity index (χ0n) is 12.3. The van der Waals surface area contributed by atoms with E-state index in [-0.39, 0.29) is 0 Å². The van der Waals surface area contributed by atoms with Crippen molar-refractivity contribution in [3.05, 3.63) is 24.3 Å². The molecule has 104 valence electrons. The molecule has 0 saturated heterocycles. The third-order valence-corrected chi connectivity index (χ3v) is 3.06. The van der Waals surface area contributed by atoms with Crippen molar-refractivity contribution in [1.29, 1.82) is 0 Å². The maximum atomic E-state index is 11.0. The fraction of sp³-hybridized carbons (Fsp3) is 0.706. The van der Waals surface area contributed by atoms with Gasteiger partial charge in [-0.05, 0) is 25.7 Å². The molecule has 0 bridgehead atoms. The molecule has 18 heavy (non-hydrogen) atoms. The highest BCUT2D eigenvalue weighted by molar-refractivity contribution is 5.78. The first-order chi connectivity index (χ1) is 8.81. The molecule has 0 radical (unpaired) electrons. The average molecular weight is 250 g/mol. The quantitative estimate of drug-likeness (QED) is 0.325. The molecule has 0 aliphatic heterocycles. The number of unbranched alkanes of at least 4 members (excludes halogenated alkanes) is 5. The van der Waals surface area contributed by atoms with Crippen molar-refractivity contribution >= 4 is 5.78 Å². The molecule has 0 aromatic rings. The van der Waals surface area contributed by atoms with E-state index in [1.165, 1.54) is 38.5 Å². The van der Waals surface area contributed by atoms with Crippen LogP contribution in [0.25, 0.3) is 0 Å². The summed E-state index contributed by atoms with van der Waals surface area (Å²) in [5, 5.41) is 0. The minimum Gasteiger partial charge on any atom is -0.300 e. The van der Waals surface area contributed by atoms with Crippen LogP contribution in [0, 0.1) is 0 Å². The SMILES string of the molecule is CCCCCCC/C=C\C/C=C\CCC(=O)CC. The van der Waals surface area contributed by atoms with Crippen LogP contribution in [0.4, 0.5) is 0 Å². The van der Waals surface area contributed by atoms with Crippen LogP contribution in [0.5, 0.6) is 0 Å². The summed E-state index contributed by atoms with van der Waals surface area (Å²) in [5.74, 6) is 0.363. The predicted molar refractivity (Wildman–Crippen MR) is 80.8 cm³/mol. The lowest BCUT2D eigenvalue weighted by Gasteiger charge is -1.95. The van der Waals surface area contributed by atoms with Crippen LogP contribution in [-0.4, -0.2) is 5.78 Å². The molecule has 0 heterocycles. The lowest BCUT2D eigenvalue weighted by molar-refractivity contribution is -0.118. The fourth-order valence-electron chi connectivity index (χ4n) is 1.79. The summed E-state index contributed by atoms with van der Waals surface area (Å²) in [5.41, 5.74) is 0. The lowest BCUT2D eigenvalue weighted by Crippen LogP contribution is -1.92. The molecule has 0 aliphatic carbocycles. The van der Waals surface area contributed by atoms with Crippen LogP contribution >= 0.6 is 0 Å². The molecule has 0 rings (SSSR count). The second-order valence-corrected chi connectivity index (χ2v) is 4.81. The monoisotopic (exact) mass is 250 g/mol. The van der Waals surface area contributed by atoms with Crippen LogP contribution in [0.3, 0.4) is 0 Å². The first-order valence-electron chi connectivity index (χ1n) is 7.63. The van der Waals surface area contributed by atoms with Gasteiger partial charge in [0.25, 0.3) is 0 Å². The molecule has 0 atom stereocenters. The van der Waals surface area contributed by atoms with Crippen molar-refractivity contribution in [2.24, 2.45) is 0 Å². The minimum absolute atomic E-state index is 0.363. The maximum absolute atomic E-state index is 11.0. The average Bonchev–Trinajstić information content (AvgIpc) is 2.39. The summed E-state index contributed by atoms with van der Waals surface area (Å²) in [4.78, 5) is 11.0. The molecule has 1 nitrogen and oxygen atoms in total. The lowest BCUT2D eigenvalue weighted by atomic mass is 10.1. The van der Waals surface area contributed by atoms with Crippen LogP contribution in [0.15, 0.2) is 24.3 Å². The van der Waals surface area contributed by atoms with Gasteiger partial charge in [0.2, 0.25) is 0 Å². The maximum Gasteiger partial charge on any atom is 0.132 e. The van der Waals surface area contributed by atoms with Gasteiger partial charge in [0.15, 0.2) is 0 Å². The number of hydrogen-bond donors (Lipinski definition) is 0. The minimum atomic E-state index is 0.363. The molecule has 0 saturated carbocycles. The number of rotatable bonds is 12. The van der Waals surface area contributed by atoms with E-state index in [1.54, 1.807) is 0 Å². The Kier molecular flexibility index (Phi) is 13.5. The predicted octanol–water partition coefficient (Wildman–Crippen LogP) is 5.61. The van der Waals surface area contributed by atoms with E-state index in [0.717, 1.165) is 12.8 Å². The number of hydrogen-bond acceptors (Lipinski definition) is 1. The van der Waals surface area contributed by atoms with Gasteiger partial charge >= 0.3 is 0 Å². The first-order valence-corrected chi connectivity index (χ1v) is 7.63. The second kappa shape index (κ2) is 14.2. The fourth-order valence-corrected chi connectivity index (χ4v) is 1.79. The highest BCUT2D eigenvalue weighted by atomic mass is 16.1. The van der Waals surface area contributed by atoms with E-state index >= 15 is 0 Å². The smallest absolute Gasteiger partial charge is 0.132 e. The molecular weight excluding hydrogens is 220 g/mol. The summed E-state index contributed by atoms with van der Waals surface area (Å²) in [6.07, 6.45) is 20.1. The third-order valence-electron chi connectivity index (χ3n) is 3.06. The normalized spacial score (nSPS) is 11.7. The van der Waals surface area contributed by atoms with Crippen LogP contribution < -0.4 is 0 Å². The van der Waals surface area contributed by atoms with E-state index in [1.807, 2.05) is 6.92 Å². The molecule has 0 N–H and O–H groups in total. The van der Waals surface area contributed by atoms with Gasteiger partial charge < -0.3 is 0 Å². The van der Waals surface area contributed by atoms with Crippen LogP contribution in [0.2, 0.25) is 0 Å². The summed E-state index contributed by atoms with van der Waals surface area (Å²) >= 11 is 0. The van der Waals surface area contributed by atoms with Gasteiger partial charge in [-0.1, -0.05) is 63.8 Å². The van der Waals surface area contributed by atoms with E-state index in [9.17, 15) is 4.79 Å². The largest absolute Gasteiger partial charge is 0.300 e. The van der Waals surface area contributed by atoms with Crippen molar-refractivity contribution in [2.45, 2.75) is 78.1 Å². The Morgan fingerprint density at radius 2 is 1.50 bits per heavy atom. The first kappa shape index (κ1) is 17.2. The molecular formula is C17H30O. The summed E-state index contributed by atoms with van der Waals surface area (Å²) in [6.45, 7) is 4.18. The van der Waals surface area contributed by atoms with E-state index in [4.69, 9.17) is 0 Å². The van der Waals surface area contributed by atoms with Gasteiger partial charge in [0, 0.05) is 12.8 Å². The summed E-state index contributed by atoms with van der Waals surface area (Å²) in [6, 6.07) is 0. The molecule has 1 heteroatoms. The van der Waals surface area contributed by atoms with Crippen molar-refractivity contribution < 1.29 is 4.79 Å². The Morgan fingerprint density at radius 3 is 2.17 bits per heavy atom. The molecule has 0 aromatic heterocycles. The van der Waals surface area contributed by atoms with Crippen molar-refractivity contribution in [2.75, 3.05) is 0 Å². The molecule has 0 aromatic carbocycles. The molecule has 0 fully saturated rings. The summed E-state index contributed by atoms with van der Waals surface area (Å²) < 4.78 is 0. The van der Waals surface area contributed by atoms with E-state index in [0.29, 0.717) is 18.6 Å². The number of carbonyl (C=O) groups excluding carboxylic acids is 1. The van der Waals surface area contributed by atoms with Crippen molar-refractivity contribution in [3.8, 4) is 0 Å². The highest BCUT2D eigenvalue weighted by Gasteiger charge is 1.93. The number of carbonyl (C=O) groups is 1. The van der Waals surface area contributed by atoms with Gasteiger partial charge in [-0.15, -0.1) is 0 Å². The topological polar surface area (TPSA) is 17.1 Å². The number of Topliss-reactive ketones (excluding diaryl/α,β-unsaturated/α-hetero) is 1. The molecule has 0 unspecified atom stereocenters. The summed E-state index contributed by atoms with van der Waals surface area (Å²) in [7, 11) is 0. The molecule has 0 spiro atoms. The standard InChI is InChI=1S/C17H30O/c1-3-5-6-7-8-9-10-11-12-13-14-15-16-17(18)4-2/h10-11,13-14H,3-9,12,15-16H2,1-2H3/b11-10-,14-13-. The van der Waals surface area contributed by atoms with E-state index < -0.39 is 0 Å².